The molecule has 0 radical (unpaired) electrons. The molecule has 5 nitrogen and oxygen atoms in total. The van der Waals surface area contributed by atoms with Gasteiger partial charge in [0.05, 0.1) is 12.3 Å². The van der Waals surface area contributed by atoms with Crippen LogP contribution in [0.25, 0.3) is 0 Å². The number of aromatic nitrogens is 3. The minimum Gasteiger partial charge on any atom is -0.491 e. The Labute approximate surface area is 117 Å². The molecular weight excluding hydrogens is 260 g/mol. The Morgan fingerprint density at radius 3 is 2.79 bits per heavy atom. The van der Waals surface area contributed by atoms with Gasteiger partial charge in [0.15, 0.2) is 5.16 Å². The van der Waals surface area contributed by atoms with Gasteiger partial charge in [0, 0.05) is 11.9 Å². The molecule has 0 aliphatic carbocycles. The van der Waals surface area contributed by atoms with Gasteiger partial charge in [0.2, 0.25) is 0 Å². The predicted octanol–water partition coefficient (Wildman–Crippen LogP) is 2.65. The number of hydrogen-bond acceptors (Lipinski definition) is 5. The van der Waals surface area contributed by atoms with Crippen LogP contribution in [0.2, 0.25) is 0 Å². The van der Waals surface area contributed by atoms with E-state index in [1.807, 2.05) is 36.7 Å². The molecule has 2 aromatic rings. The number of para-hydroxylation sites is 1. The number of anilines is 1. The molecule has 2 rings (SSSR count). The molecule has 102 valence electrons. The van der Waals surface area contributed by atoms with Gasteiger partial charge in [-0.05, 0) is 37.2 Å². The first-order chi connectivity index (χ1) is 9.13. The van der Waals surface area contributed by atoms with Gasteiger partial charge in [-0.3, -0.25) is 0 Å². The Balaban J connectivity index is 2.23. The highest BCUT2D eigenvalue weighted by Crippen LogP contribution is 2.36. The van der Waals surface area contributed by atoms with Crippen molar-refractivity contribution >= 4 is 17.4 Å². The number of ether oxygens (including phenoxy) is 1. The summed E-state index contributed by atoms with van der Waals surface area (Å²) in [7, 11) is 1.94. The van der Waals surface area contributed by atoms with Gasteiger partial charge < -0.3 is 15.0 Å². The summed E-state index contributed by atoms with van der Waals surface area (Å²) in [6.07, 6.45) is 0.958. The summed E-state index contributed by atoms with van der Waals surface area (Å²) in [6, 6.07) is 5.78. The Kier molecular flexibility index (Phi) is 4.31. The Hall–Kier alpha value is -1.69. The van der Waals surface area contributed by atoms with Gasteiger partial charge in [-0.2, -0.15) is 0 Å². The molecule has 0 amide bonds. The van der Waals surface area contributed by atoms with Crippen LogP contribution in [0.3, 0.4) is 0 Å². The summed E-state index contributed by atoms with van der Waals surface area (Å²) < 4.78 is 7.55. The second-order valence-corrected chi connectivity index (χ2v) is 5.22. The van der Waals surface area contributed by atoms with Crippen molar-refractivity contribution < 1.29 is 4.74 Å². The maximum Gasteiger partial charge on any atom is 0.195 e. The van der Waals surface area contributed by atoms with Crippen molar-refractivity contribution in [1.82, 2.24) is 14.8 Å². The number of nitrogens with two attached hydrogens (primary N) is 1. The van der Waals surface area contributed by atoms with E-state index in [0.717, 1.165) is 28.0 Å². The van der Waals surface area contributed by atoms with Gasteiger partial charge in [-0.15, -0.1) is 10.2 Å². The first-order valence-electron chi connectivity index (χ1n) is 6.18. The second kappa shape index (κ2) is 5.97. The molecule has 0 saturated carbocycles. The summed E-state index contributed by atoms with van der Waals surface area (Å²) in [5, 5.41) is 8.97. The van der Waals surface area contributed by atoms with Crippen molar-refractivity contribution in [2.45, 2.75) is 30.3 Å². The zero-order valence-electron chi connectivity index (χ0n) is 11.4. The van der Waals surface area contributed by atoms with Crippen molar-refractivity contribution in [2.24, 2.45) is 7.05 Å². The molecule has 0 aliphatic rings. The standard InChI is InChI=1S/C13H18N4OS/c1-4-8-18-10-6-5-7-11(12(10)14)19-13-16-15-9(2)17(13)3/h5-7H,4,8,14H2,1-3H3. The first kappa shape index (κ1) is 13.7. The number of nitrogen functional groups attached to an aromatic ring is 1. The van der Waals surface area contributed by atoms with Crippen LogP contribution in [-0.2, 0) is 7.05 Å². The predicted molar refractivity (Wildman–Crippen MR) is 76.5 cm³/mol. The fourth-order valence-electron chi connectivity index (χ4n) is 1.53. The molecule has 1 heterocycles. The molecule has 0 bridgehead atoms. The van der Waals surface area contributed by atoms with E-state index in [9.17, 15) is 0 Å². The molecular formula is C13H18N4OS. The van der Waals surface area contributed by atoms with E-state index in [4.69, 9.17) is 10.5 Å². The average Bonchev–Trinajstić information content (AvgIpc) is 2.72. The third kappa shape index (κ3) is 3.01. The molecule has 1 aromatic carbocycles. The lowest BCUT2D eigenvalue weighted by atomic mass is 10.3. The van der Waals surface area contributed by atoms with Crippen LogP contribution >= 0.6 is 11.8 Å². The van der Waals surface area contributed by atoms with E-state index in [1.54, 1.807) is 0 Å². The summed E-state index contributed by atoms with van der Waals surface area (Å²) in [5.41, 5.74) is 6.78. The van der Waals surface area contributed by atoms with Crippen molar-refractivity contribution in [3.63, 3.8) is 0 Å². The van der Waals surface area contributed by atoms with Crippen LogP contribution in [0.1, 0.15) is 19.2 Å². The average molecular weight is 278 g/mol. The number of nitrogens with zero attached hydrogens (tertiary/aromatic N) is 3. The third-order valence-electron chi connectivity index (χ3n) is 2.74. The topological polar surface area (TPSA) is 66.0 Å². The monoisotopic (exact) mass is 278 g/mol. The quantitative estimate of drug-likeness (QED) is 0.852. The summed E-state index contributed by atoms with van der Waals surface area (Å²) in [4.78, 5) is 0.934. The van der Waals surface area contributed by atoms with Crippen LogP contribution in [0, 0.1) is 6.92 Å². The molecule has 0 atom stereocenters. The van der Waals surface area contributed by atoms with E-state index >= 15 is 0 Å². The zero-order chi connectivity index (χ0) is 13.8. The van der Waals surface area contributed by atoms with E-state index in [1.165, 1.54) is 11.8 Å². The smallest absolute Gasteiger partial charge is 0.195 e. The zero-order valence-corrected chi connectivity index (χ0v) is 12.2. The first-order valence-corrected chi connectivity index (χ1v) is 7.00. The van der Waals surface area contributed by atoms with Crippen LogP contribution in [-0.4, -0.2) is 21.4 Å². The highest BCUT2D eigenvalue weighted by molar-refractivity contribution is 7.99. The van der Waals surface area contributed by atoms with Gasteiger partial charge in [0.1, 0.15) is 11.6 Å². The molecule has 6 heteroatoms. The normalized spacial score (nSPS) is 10.7. The summed E-state index contributed by atoms with van der Waals surface area (Å²) >= 11 is 1.49. The van der Waals surface area contributed by atoms with E-state index in [0.29, 0.717) is 12.3 Å². The Bertz CT molecular complexity index is 568. The largest absolute Gasteiger partial charge is 0.491 e. The SMILES string of the molecule is CCCOc1cccc(Sc2nnc(C)n2C)c1N. The minimum atomic E-state index is 0.654. The van der Waals surface area contributed by atoms with Gasteiger partial charge in [0.25, 0.3) is 0 Å². The summed E-state index contributed by atoms with van der Waals surface area (Å²) in [6.45, 7) is 4.65. The Morgan fingerprint density at radius 1 is 1.37 bits per heavy atom. The highest BCUT2D eigenvalue weighted by Gasteiger charge is 2.11. The molecule has 2 N–H and O–H groups in total. The fourth-order valence-corrected chi connectivity index (χ4v) is 2.43. The van der Waals surface area contributed by atoms with Crippen LogP contribution in [0.4, 0.5) is 5.69 Å². The van der Waals surface area contributed by atoms with Gasteiger partial charge in [-0.25, -0.2) is 0 Å². The lowest BCUT2D eigenvalue weighted by molar-refractivity contribution is 0.318. The molecule has 0 fully saturated rings. The molecule has 1 aromatic heterocycles. The number of hydrogen-bond donors (Lipinski definition) is 1. The molecule has 0 saturated heterocycles. The minimum absolute atomic E-state index is 0.654. The van der Waals surface area contributed by atoms with Crippen LogP contribution < -0.4 is 10.5 Å². The molecule has 0 spiro atoms. The van der Waals surface area contributed by atoms with E-state index in [-0.39, 0.29) is 0 Å². The second-order valence-electron chi connectivity index (χ2n) is 4.21. The maximum atomic E-state index is 6.13. The van der Waals surface area contributed by atoms with Crippen LogP contribution in [0.5, 0.6) is 5.75 Å². The maximum absolute atomic E-state index is 6.13. The van der Waals surface area contributed by atoms with Crippen molar-refractivity contribution in [3.8, 4) is 5.75 Å². The van der Waals surface area contributed by atoms with Gasteiger partial charge in [-0.1, -0.05) is 13.0 Å². The third-order valence-corrected chi connectivity index (χ3v) is 3.86. The van der Waals surface area contributed by atoms with Crippen molar-refractivity contribution in [1.29, 1.82) is 0 Å². The lowest BCUT2D eigenvalue weighted by Crippen LogP contribution is -2.00. The number of rotatable bonds is 5. The lowest BCUT2D eigenvalue weighted by Gasteiger charge is -2.11. The molecule has 0 unspecified atom stereocenters. The Morgan fingerprint density at radius 2 is 2.16 bits per heavy atom. The number of benzene rings is 1. The number of aryl methyl sites for hydroxylation is 1. The van der Waals surface area contributed by atoms with Crippen LogP contribution in [0.15, 0.2) is 28.3 Å². The fraction of sp³-hybridized carbons (Fsp3) is 0.385. The van der Waals surface area contributed by atoms with Crippen molar-refractivity contribution in [2.75, 3.05) is 12.3 Å². The van der Waals surface area contributed by atoms with Crippen molar-refractivity contribution in [3.05, 3.63) is 24.0 Å². The highest BCUT2D eigenvalue weighted by atomic mass is 32.2. The van der Waals surface area contributed by atoms with Gasteiger partial charge >= 0.3 is 0 Å². The summed E-state index contributed by atoms with van der Waals surface area (Å²) in [5.74, 6) is 1.60. The molecule has 0 aliphatic heterocycles. The van der Waals surface area contributed by atoms with E-state index < -0.39 is 0 Å². The van der Waals surface area contributed by atoms with E-state index in [2.05, 4.69) is 17.1 Å². The molecule has 19 heavy (non-hydrogen) atoms.